The second-order valence-electron chi connectivity index (χ2n) is 2.72. The van der Waals surface area contributed by atoms with Gasteiger partial charge in [0.05, 0.1) is 0 Å². The zero-order chi connectivity index (χ0) is 9.97. The molecule has 1 heterocycles. The van der Waals surface area contributed by atoms with Crippen molar-refractivity contribution in [2.75, 3.05) is 0 Å². The molecule has 0 aliphatic heterocycles. The van der Waals surface area contributed by atoms with Crippen LogP contribution in [0.4, 0.5) is 8.78 Å². The van der Waals surface area contributed by atoms with Crippen molar-refractivity contribution in [3.8, 4) is 11.1 Å². The van der Waals surface area contributed by atoms with Gasteiger partial charge in [-0.3, -0.25) is 0 Å². The van der Waals surface area contributed by atoms with Gasteiger partial charge in [0.25, 0.3) is 0 Å². The highest BCUT2D eigenvalue weighted by atomic mass is 19.1. The lowest BCUT2D eigenvalue weighted by molar-refractivity contribution is 0.539. The van der Waals surface area contributed by atoms with Gasteiger partial charge in [-0.05, 0) is 6.07 Å². The second kappa shape index (κ2) is 3.49. The molecule has 70 valence electrons. The van der Waals surface area contributed by atoms with Gasteiger partial charge >= 0.3 is 6.08 Å². The van der Waals surface area contributed by atoms with Gasteiger partial charge in [0.2, 0.25) is 0 Å². The lowest BCUT2D eigenvalue weighted by Crippen LogP contribution is -1.90. The summed E-state index contributed by atoms with van der Waals surface area (Å²) in [5, 5.41) is 0. The Morgan fingerprint density at radius 2 is 1.57 bits per heavy atom. The number of hydrogen-bond acceptors (Lipinski definition) is 2. The van der Waals surface area contributed by atoms with Crippen LogP contribution in [0.15, 0.2) is 36.7 Å². The molecule has 2 rings (SSSR count). The van der Waals surface area contributed by atoms with Crippen molar-refractivity contribution in [1.29, 1.82) is 0 Å². The topological polar surface area (TPSA) is 25.8 Å². The zero-order valence-corrected chi connectivity index (χ0v) is 7.11. The number of aromatic nitrogens is 2. The Morgan fingerprint density at radius 3 is 2.21 bits per heavy atom. The molecular formula is C10H6F2N2. The minimum absolute atomic E-state index is 0.368. The van der Waals surface area contributed by atoms with Crippen LogP contribution in [0.3, 0.4) is 0 Å². The highest BCUT2D eigenvalue weighted by molar-refractivity contribution is 5.61. The van der Waals surface area contributed by atoms with E-state index >= 15 is 0 Å². The van der Waals surface area contributed by atoms with Crippen LogP contribution in [0, 0.1) is 11.9 Å². The highest BCUT2D eigenvalue weighted by Gasteiger charge is 2.04. The van der Waals surface area contributed by atoms with Crippen molar-refractivity contribution in [3.05, 3.63) is 48.6 Å². The smallest absolute Gasteiger partial charge is 0.210 e. The summed E-state index contributed by atoms with van der Waals surface area (Å²) in [5.41, 5.74) is 0.831. The van der Waals surface area contributed by atoms with Gasteiger partial charge in [0, 0.05) is 23.5 Å². The minimum Gasteiger partial charge on any atom is -0.210 e. The first-order chi connectivity index (χ1) is 6.77. The van der Waals surface area contributed by atoms with E-state index in [4.69, 9.17) is 0 Å². The largest absolute Gasteiger partial charge is 0.308 e. The van der Waals surface area contributed by atoms with E-state index in [0.29, 0.717) is 11.1 Å². The van der Waals surface area contributed by atoms with Gasteiger partial charge in [0.1, 0.15) is 5.82 Å². The Labute approximate surface area is 79.3 Å². The summed E-state index contributed by atoms with van der Waals surface area (Å²) in [6, 6.07) is 6.20. The van der Waals surface area contributed by atoms with Gasteiger partial charge < -0.3 is 0 Å². The van der Waals surface area contributed by atoms with Crippen molar-refractivity contribution in [3.63, 3.8) is 0 Å². The molecular weight excluding hydrogens is 186 g/mol. The van der Waals surface area contributed by atoms with E-state index in [9.17, 15) is 8.78 Å². The molecule has 1 aromatic heterocycles. The molecule has 0 bridgehead atoms. The van der Waals surface area contributed by atoms with Gasteiger partial charge in [-0.15, -0.1) is 0 Å². The SMILES string of the molecule is Fc1ncc(-c2ccccc2F)cn1. The van der Waals surface area contributed by atoms with Crippen LogP contribution >= 0.6 is 0 Å². The summed E-state index contributed by atoms with van der Waals surface area (Å²) < 4.78 is 25.6. The van der Waals surface area contributed by atoms with Gasteiger partial charge in [-0.1, -0.05) is 18.2 Å². The van der Waals surface area contributed by atoms with E-state index in [1.807, 2.05) is 0 Å². The molecule has 0 atom stereocenters. The van der Waals surface area contributed by atoms with Crippen molar-refractivity contribution in [2.24, 2.45) is 0 Å². The van der Waals surface area contributed by atoms with Crippen LogP contribution in [0.1, 0.15) is 0 Å². The van der Waals surface area contributed by atoms with E-state index in [1.165, 1.54) is 18.5 Å². The number of benzene rings is 1. The average molecular weight is 192 g/mol. The maximum atomic E-state index is 13.2. The number of nitrogens with zero attached hydrogens (tertiary/aromatic N) is 2. The maximum Gasteiger partial charge on any atom is 0.308 e. The molecule has 0 unspecified atom stereocenters. The summed E-state index contributed by atoms with van der Waals surface area (Å²) in [6.07, 6.45) is 1.69. The van der Waals surface area contributed by atoms with Crippen molar-refractivity contribution >= 4 is 0 Å². The first-order valence-corrected chi connectivity index (χ1v) is 4.00. The molecule has 14 heavy (non-hydrogen) atoms. The van der Waals surface area contributed by atoms with Crippen LogP contribution in [0.5, 0.6) is 0 Å². The molecule has 2 nitrogen and oxygen atoms in total. The fraction of sp³-hybridized carbons (Fsp3) is 0. The van der Waals surface area contributed by atoms with Crippen molar-refractivity contribution in [1.82, 2.24) is 9.97 Å². The molecule has 2 aromatic rings. The van der Waals surface area contributed by atoms with Crippen molar-refractivity contribution in [2.45, 2.75) is 0 Å². The third-order valence-corrected chi connectivity index (χ3v) is 1.81. The first-order valence-electron chi connectivity index (χ1n) is 4.00. The fourth-order valence-electron chi connectivity index (χ4n) is 1.15. The van der Waals surface area contributed by atoms with E-state index in [-0.39, 0.29) is 5.82 Å². The Balaban J connectivity index is 2.50. The molecule has 0 saturated carbocycles. The Hall–Kier alpha value is -1.84. The van der Waals surface area contributed by atoms with Crippen LogP contribution in [-0.4, -0.2) is 9.97 Å². The summed E-state index contributed by atoms with van der Waals surface area (Å²) in [7, 11) is 0. The van der Waals surface area contributed by atoms with Gasteiger partial charge in [-0.25, -0.2) is 14.4 Å². The van der Waals surface area contributed by atoms with Gasteiger partial charge in [-0.2, -0.15) is 4.39 Å². The standard InChI is InChI=1S/C10H6F2N2/c11-9-4-2-1-3-8(9)7-5-13-10(12)14-6-7/h1-6H. The molecule has 0 aliphatic carbocycles. The maximum absolute atomic E-state index is 13.2. The summed E-state index contributed by atoms with van der Waals surface area (Å²) >= 11 is 0. The van der Waals surface area contributed by atoms with E-state index in [1.54, 1.807) is 18.2 Å². The fourth-order valence-corrected chi connectivity index (χ4v) is 1.15. The summed E-state index contributed by atoms with van der Waals surface area (Å²) in [5.74, 6) is -0.372. The molecule has 0 saturated heterocycles. The predicted molar refractivity (Wildman–Crippen MR) is 47.4 cm³/mol. The molecule has 0 N–H and O–H groups in total. The van der Waals surface area contributed by atoms with Crippen LogP contribution < -0.4 is 0 Å². The normalized spacial score (nSPS) is 10.1. The lowest BCUT2D eigenvalue weighted by Gasteiger charge is -2.00. The minimum atomic E-state index is -0.815. The number of rotatable bonds is 1. The number of halogens is 2. The molecule has 0 spiro atoms. The van der Waals surface area contributed by atoms with E-state index in [0.717, 1.165) is 0 Å². The molecule has 0 fully saturated rings. The molecule has 0 radical (unpaired) electrons. The molecule has 0 aliphatic rings. The quantitative estimate of drug-likeness (QED) is 0.648. The Kier molecular flexibility index (Phi) is 2.18. The Bertz CT molecular complexity index is 440. The molecule has 4 heteroatoms. The molecule has 1 aromatic carbocycles. The zero-order valence-electron chi connectivity index (χ0n) is 7.11. The molecule has 0 amide bonds. The Morgan fingerprint density at radius 1 is 0.929 bits per heavy atom. The monoisotopic (exact) mass is 192 g/mol. The third-order valence-electron chi connectivity index (χ3n) is 1.81. The summed E-state index contributed by atoms with van der Waals surface area (Å²) in [4.78, 5) is 6.70. The van der Waals surface area contributed by atoms with Gasteiger partial charge in [0.15, 0.2) is 0 Å². The van der Waals surface area contributed by atoms with E-state index in [2.05, 4.69) is 9.97 Å². The van der Waals surface area contributed by atoms with Crippen LogP contribution in [-0.2, 0) is 0 Å². The first kappa shape index (κ1) is 8.74. The van der Waals surface area contributed by atoms with Crippen LogP contribution in [0.2, 0.25) is 0 Å². The van der Waals surface area contributed by atoms with Crippen LogP contribution in [0.25, 0.3) is 11.1 Å². The number of hydrogen-bond donors (Lipinski definition) is 0. The van der Waals surface area contributed by atoms with Crippen molar-refractivity contribution < 1.29 is 8.78 Å². The highest BCUT2D eigenvalue weighted by Crippen LogP contribution is 2.20. The summed E-state index contributed by atoms with van der Waals surface area (Å²) in [6.45, 7) is 0. The third kappa shape index (κ3) is 1.59. The average Bonchev–Trinajstić information content (AvgIpc) is 2.20. The lowest BCUT2D eigenvalue weighted by atomic mass is 10.1. The predicted octanol–water partition coefficient (Wildman–Crippen LogP) is 2.42. The van der Waals surface area contributed by atoms with E-state index < -0.39 is 6.08 Å². The second-order valence-corrected chi connectivity index (χ2v) is 2.72.